The molecule has 1 aliphatic rings. The molecule has 0 aromatic carbocycles. The van der Waals surface area contributed by atoms with Crippen molar-refractivity contribution in [3.05, 3.63) is 0 Å². The van der Waals surface area contributed by atoms with Gasteiger partial charge in [-0.15, -0.1) is 6.42 Å². The van der Waals surface area contributed by atoms with Gasteiger partial charge in [-0.25, -0.2) is 0 Å². The largest absolute Gasteiger partial charge is 0.345 e. The number of carbonyl (C=O) groups excluding carboxylic acids is 1. The zero-order valence-corrected chi connectivity index (χ0v) is 8.73. The highest BCUT2D eigenvalue weighted by atomic mass is 16.2. The summed E-state index contributed by atoms with van der Waals surface area (Å²) in [6, 6.07) is 0. The summed E-state index contributed by atoms with van der Waals surface area (Å²) in [6.45, 7) is 4.17. The highest BCUT2D eigenvalue weighted by Gasteiger charge is 2.39. The van der Waals surface area contributed by atoms with Crippen LogP contribution in [0.5, 0.6) is 0 Å². The van der Waals surface area contributed by atoms with Crippen LogP contribution in [-0.2, 0) is 4.79 Å². The Balaban J connectivity index is 2.58. The molecule has 0 aromatic heterocycles. The van der Waals surface area contributed by atoms with Crippen molar-refractivity contribution >= 4 is 5.91 Å². The van der Waals surface area contributed by atoms with Gasteiger partial charge in [0.2, 0.25) is 5.91 Å². The third kappa shape index (κ3) is 2.27. The summed E-state index contributed by atoms with van der Waals surface area (Å²) in [5, 5.41) is 6.03. The van der Waals surface area contributed by atoms with E-state index in [0.717, 1.165) is 32.4 Å². The lowest BCUT2D eigenvalue weighted by molar-refractivity contribution is -0.130. The molecule has 2 N–H and O–H groups in total. The maximum Gasteiger partial charge on any atom is 0.228 e. The van der Waals surface area contributed by atoms with Gasteiger partial charge in [0.15, 0.2) is 0 Å². The molecule has 0 radical (unpaired) electrons. The van der Waals surface area contributed by atoms with E-state index in [-0.39, 0.29) is 11.3 Å². The number of carbonyl (C=O) groups is 1. The molecular formula is C11H18N2O. The summed E-state index contributed by atoms with van der Waals surface area (Å²) in [5.41, 5.74) is -0.203. The first-order valence-corrected chi connectivity index (χ1v) is 5.17. The Morgan fingerprint density at radius 3 is 3.00 bits per heavy atom. The van der Waals surface area contributed by atoms with Gasteiger partial charge in [-0.3, -0.25) is 4.79 Å². The van der Waals surface area contributed by atoms with Crippen LogP contribution in [0.25, 0.3) is 0 Å². The molecule has 1 amide bonds. The molecular weight excluding hydrogens is 176 g/mol. The van der Waals surface area contributed by atoms with E-state index in [4.69, 9.17) is 6.42 Å². The van der Waals surface area contributed by atoms with Crippen LogP contribution in [0.15, 0.2) is 0 Å². The second kappa shape index (κ2) is 5.02. The molecule has 1 unspecified atom stereocenters. The van der Waals surface area contributed by atoms with Crippen molar-refractivity contribution in [1.29, 1.82) is 0 Å². The molecule has 1 fully saturated rings. The lowest BCUT2D eigenvalue weighted by Gasteiger charge is -2.25. The minimum Gasteiger partial charge on any atom is -0.345 e. The Hall–Kier alpha value is -1.01. The van der Waals surface area contributed by atoms with Gasteiger partial charge in [0.25, 0.3) is 0 Å². The predicted molar refractivity (Wildman–Crippen MR) is 56.7 cm³/mol. The summed E-state index contributed by atoms with van der Waals surface area (Å²) >= 11 is 0. The minimum atomic E-state index is -0.203. The van der Waals surface area contributed by atoms with Crippen LogP contribution in [0.1, 0.15) is 26.2 Å². The third-order valence-electron chi connectivity index (χ3n) is 2.80. The number of hydrogen-bond acceptors (Lipinski definition) is 2. The number of terminal acetylenes is 1. The van der Waals surface area contributed by atoms with Gasteiger partial charge in [-0.1, -0.05) is 19.3 Å². The maximum atomic E-state index is 11.9. The molecule has 0 aromatic rings. The van der Waals surface area contributed by atoms with Crippen molar-refractivity contribution in [2.75, 3.05) is 19.6 Å². The SMILES string of the molecule is C#CCNC(=O)C1(CCC)CCNC1. The van der Waals surface area contributed by atoms with Crippen LogP contribution in [0, 0.1) is 17.8 Å². The second-order valence-electron chi connectivity index (χ2n) is 3.84. The molecule has 0 aliphatic carbocycles. The predicted octanol–water partition coefficient (Wildman–Crippen LogP) is 0.516. The van der Waals surface area contributed by atoms with Crippen molar-refractivity contribution < 1.29 is 4.79 Å². The van der Waals surface area contributed by atoms with Crippen molar-refractivity contribution in [3.63, 3.8) is 0 Å². The standard InChI is InChI=1S/C11H18N2O/c1-3-5-11(6-8-12-9-11)10(14)13-7-4-2/h2,12H,3,5-9H2,1H3,(H,13,14). The minimum absolute atomic E-state index is 0.113. The molecule has 0 spiro atoms. The van der Waals surface area contributed by atoms with Crippen LogP contribution in [-0.4, -0.2) is 25.5 Å². The Labute approximate surface area is 85.6 Å². The molecule has 1 aliphatic heterocycles. The first-order valence-electron chi connectivity index (χ1n) is 5.17. The third-order valence-corrected chi connectivity index (χ3v) is 2.80. The monoisotopic (exact) mass is 194 g/mol. The molecule has 1 heterocycles. The molecule has 0 saturated carbocycles. The molecule has 14 heavy (non-hydrogen) atoms. The number of hydrogen-bond donors (Lipinski definition) is 2. The maximum absolute atomic E-state index is 11.9. The molecule has 0 bridgehead atoms. The Morgan fingerprint density at radius 1 is 1.71 bits per heavy atom. The summed E-state index contributed by atoms with van der Waals surface area (Å²) in [7, 11) is 0. The van der Waals surface area contributed by atoms with E-state index in [9.17, 15) is 4.79 Å². The van der Waals surface area contributed by atoms with E-state index < -0.39 is 0 Å². The zero-order valence-electron chi connectivity index (χ0n) is 8.73. The lowest BCUT2D eigenvalue weighted by atomic mass is 9.81. The first kappa shape index (κ1) is 11.1. The molecule has 3 heteroatoms. The van der Waals surface area contributed by atoms with Crippen molar-refractivity contribution in [1.82, 2.24) is 10.6 Å². The molecule has 78 valence electrons. The fraction of sp³-hybridized carbons (Fsp3) is 0.727. The van der Waals surface area contributed by atoms with E-state index in [0.29, 0.717) is 6.54 Å². The average Bonchev–Trinajstić information content (AvgIpc) is 2.64. The average molecular weight is 194 g/mol. The van der Waals surface area contributed by atoms with Gasteiger partial charge < -0.3 is 10.6 Å². The van der Waals surface area contributed by atoms with E-state index in [1.54, 1.807) is 0 Å². The van der Waals surface area contributed by atoms with Crippen molar-refractivity contribution in [3.8, 4) is 12.3 Å². The summed E-state index contributed by atoms with van der Waals surface area (Å²) in [4.78, 5) is 11.9. The molecule has 1 rings (SSSR count). The topological polar surface area (TPSA) is 41.1 Å². The van der Waals surface area contributed by atoms with E-state index in [1.807, 2.05) is 0 Å². The van der Waals surface area contributed by atoms with Crippen molar-refractivity contribution in [2.45, 2.75) is 26.2 Å². The van der Waals surface area contributed by atoms with Crippen LogP contribution in [0.2, 0.25) is 0 Å². The fourth-order valence-electron chi connectivity index (χ4n) is 2.06. The van der Waals surface area contributed by atoms with Crippen LogP contribution >= 0.6 is 0 Å². The van der Waals surface area contributed by atoms with E-state index >= 15 is 0 Å². The van der Waals surface area contributed by atoms with Gasteiger partial charge >= 0.3 is 0 Å². The molecule has 1 saturated heterocycles. The lowest BCUT2D eigenvalue weighted by Crippen LogP contribution is -2.42. The van der Waals surface area contributed by atoms with Gasteiger partial charge in [0.05, 0.1) is 12.0 Å². The van der Waals surface area contributed by atoms with Crippen molar-refractivity contribution in [2.24, 2.45) is 5.41 Å². The molecule has 3 nitrogen and oxygen atoms in total. The first-order chi connectivity index (χ1) is 6.75. The van der Waals surface area contributed by atoms with E-state index in [2.05, 4.69) is 23.5 Å². The Bertz CT molecular complexity index is 236. The van der Waals surface area contributed by atoms with Gasteiger partial charge in [-0.05, 0) is 19.4 Å². The highest BCUT2D eigenvalue weighted by Crippen LogP contribution is 2.31. The van der Waals surface area contributed by atoms with Gasteiger partial charge in [-0.2, -0.15) is 0 Å². The van der Waals surface area contributed by atoms with Gasteiger partial charge in [0, 0.05) is 6.54 Å². The summed E-state index contributed by atoms with van der Waals surface area (Å²) < 4.78 is 0. The Morgan fingerprint density at radius 2 is 2.50 bits per heavy atom. The number of nitrogens with one attached hydrogen (secondary N) is 2. The second-order valence-corrected chi connectivity index (χ2v) is 3.84. The van der Waals surface area contributed by atoms with Crippen LogP contribution in [0.3, 0.4) is 0 Å². The smallest absolute Gasteiger partial charge is 0.228 e. The van der Waals surface area contributed by atoms with Gasteiger partial charge in [0.1, 0.15) is 0 Å². The fourth-order valence-corrected chi connectivity index (χ4v) is 2.06. The van der Waals surface area contributed by atoms with Crippen LogP contribution in [0.4, 0.5) is 0 Å². The number of amides is 1. The Kier molecular flexibility index (Phi) is 3.97. The zero-order chi connectivity index (χ0) is 10.4. The summed E-state index contributed by atoms with van der Waals surface area (Å²) in [5.74, 6) is 2.54. The highest BCUT2D eigenvalue weighted by molar-refractivity contribution is 5.83. The number of rotatable bonds is 4. The van der Waals surface area contributed by atoms with E-state index in [1.165, 1.54) is 0 Å². The normalized spacial score (nSPS) is 25.7. The summed E-state index contributed by atoms with van der Waals surface area (Å²) in [6.07, 6.45) is 8.01. The molecule has 1 atom stereocenters. The van der Waals surface area contributed by atoms with Crippen LogP contribution < -0.4 is 10.6 Å². The quantitative estimate of drug-likeness (QED) is 0.640.